The van der Waals surface area contributed by atoms with Crippen molar-refractivity contribution in [2.75, 3.05) is 6.54 Å². The second-order valence-corrected chi connectivity index (χ2v) is 6.49. The maximum Gasteiger partial charge on any atom is 0.00684 e. The van der Waals surface area contributed by atoms with Crippen LogP contribution in [-0.2, 0) is 12.8 Å². The van der Waals surface area contributed by atoms with Gasteiger partial charge in [-0.25, -0.2) is 0 Å². The Bertz CT molecular complexity index is 360. The van der Waals surface area contributed by atoms with Gasteiger partial charge in [-0.05, 0) is 48.6 Å². The Labute approximate surface area is 112 Å². The first kappa shape index (κ1) is 13.6. The first-order valence-electron chi connectivity index (χ1n) is 7.40. The molecule has 1 aromatic rings. The molecule has 1 aromatic carbocycles. The van der Waals surface area contributed by atoms with E-state index in [-0.39, 0.29) is 0 Å². The summed E-state index contributed by atoms with van der Waals surface area (Å²) >= 11 is 0. The normalized spacial score (nSPS) is 15.9. The summed E-state index contributed by atoms with van der Waals surface area (Å²) in [5.74, 6) is 0. The summed E-state index contributed by atoms with van der Waals surface area (Å²) in [6.45, 7) is 8.12. The monoisotopic (exact) mass is 245 g/mol. The number of hydrogen-bond donors (Lipinski definition) is 1. The highest BCUT2D eigenvalue weighted by molar-refractivity contribution is 5.22. The lowest BCUT2D eigenvalue weighted by molar-refractivity contribution is 0.313. The van der Waals surface area contributed by atoms with Gasteiger partial charge in [0, 0.05) is 12.6 Å². The zero-order valence-corrected chi connectivity index (χ0v) is 12.1. The van der Waals surface area contributed by atoms with E-state index < -0.39 is 0 Å². The molecule has 2 rings (SSSR count). The summed E-state index contributed by atoms with van der Waals surface area (Å²) < 4.78 is 0. The van der Waals surface area contributed by atoms with Crippen molar-refractivity contribution in [1.29, 1.82) is 0 Å². The van der Waals surface area contributed by atoms with Gasteiger partial charge in [0.1, 0.15) is 0 Å². The zero-order chi connectivity index (χ0) is 13.0. The predicted octanol–water partition coefficient (Wildman–Crippen LogP) is 3.96. The molecule has 0 amide bonds. The van der Waals surface area contributed by atoms with Gasteiger partial charge >= 0.3 is 0 Å². The second-order valence-electron chi connectivity index (χ2n) is 6.49. The van der Waals surface area contributed by atoms with Crippen LogP contribution in [0.2, 0.25) is 0 Å². The summed E-state index contributed by atoms with van der Waals surface area (Å²) in [6.07, 6.45) is 6.36. The van der Waals surface area contributed by atoms with Crippen molar-refractivity contribution < 1.29 is 0 Å². The molecule has 1 aliphatic rings. The van der Waals surface area contributed by atoms with E-state index in [0.29, 0.717) is 5.41 Å². The number of hydrogen-bond acceptors (Lipinski definition) is 1. The molecule has 0 heterocycles. The second kappa shape index (κ2) is 5.88. The third-order valence-electron chi connectivity index (χ3n) is 3.97. The van der Waals surface area contributed by atoms with Crippen molar-refractivity contribution in [1.82, 2.24) is 5.32 Å². The lowest BCUT2D eigenvalue weighted by Gasteiger charge is -2.25. The van der Waals surface area contributed by atoms with Gasteiger partial charge in [0.2, 0.25) is 0 Å². The van der Waals surface area contributed by atoms with Crippen molar-refractivity contribution in [3.63, 3.8) is 0 Å². The van der Waals surface area contributed by atoms with E-state index in [4.69, 9.17) is 0 Å². The Hall–Kier alpha value is -0.820. The highest BCUT2D eigenvalue weighted by Gasteiger charge is 2.24. The predicted molar refractivity (Wildman–Crippen MR) is 78.9 cm³/mol. The Morgan fingerprint density at radius 3 is 2.28 bits per heavy atom. The van der Waals surface area contributed by atoms with Crippen molar-refractivity contribution in [2.45, 2.75) is 58.9 Å². The fourth-order valence-corrected chi connectivity index (χ4v) is 2.22. The molecule has 0 saturated heterocycles. The van der Waals surface area contributed by atoms with Crippen LogP contribution >= 0.6 is 0 Å². The van der Waals surface area contributed by atoms with E-state index in [1.807, 2.05) is 0 Å². The van der Waals surface area contributed by atoms with Crippen molar-refractivity contribution in [3.05, 3.63) is 35.4 Å². The van der Waals surface area contributed by atoms with Crippen molar-refractivity contribution in [2.24, 2.45) is 5.41 Å². The smallest absolute Gasteiger partial charge is 0.00684 e. The maximum atomic E-state index is 3.65. The first-order chi connectivity index (χ1) is 8.59. The molecule has 0 radical (unpaired) electrons. The van der Waals surface area contributed by atoms with Crippen LogP contribution < -0.4 is 5.32 Å². The Kier molecular flexibility index (Phi) is 4.45. The first-order valence-corrected chi connectivity index (χ1v) is 7.40. The molecule has 0 unspecified atom stereocenters. The summed E-state index contributed by atoms with van der Waals surface area (Å²) in [5.41, 5.74) is 3.33. The summed E-state index contributed by atoms with van der Waals surface area (Å²) in [6, 6.07) is 9.95. The van der Waals surface area contributed by atoms with Gasteiger partial charge in [-0.3, -0.25) is 0 Å². The molecule has 0 bridgehead atoms. The van der Waals surface area contributed by atoms with E-state index in [1.54, 1.807) is 0 Å². The SMILES string of the molecule is CCc1ccc(CCC(C)(C)CNC2CC2)cc1. The van der Waals surface area contributed by atoms with Crippen LogP contribution in [0.3, 0.4) is 0 Å². The molecule has 0 spiro atoms. The molecule has 1 fully saturated rings. The van der Waals surface area contributed by atoms with Crippen LogP contribution in [0, 0.1) is 5.41 Å². The third-order valence-corrected chi connectivity index (χ3v) is 3.97. The number of aryl methyl sites for hydroxylation is 2. The lowest BCUT2D eigenvalue weighted by Crippen LogP contribution is -2.31. The molecule has 1 aliphatic carbocycles. The average molecular weight is 245 g/mol. The highest BCUT2D eigenvalue weighted by Crippen LogP contribution is 2.25. The molecule has 1 N–H and O–H groups in total. The van der Waals surface area contributed by atoms with Crippen LogP contribution in [0.4, 0.5) is 0 Å². The third kappa shape index (κ3) is 4.45. The maximum absolute atomic E-state index is 3.65. The fraction of sp³-hybridized carbons (Fsp3) is 0.647. The Morgan fingerprint density at radius 2 is 1.72 bits per heavy atom. The molecular formula is C17H27N. The average Bonchev–Trinajstić information content (AvgIpc) is 3.19. The lowest BCUT2D eigenvalue weighted by atomic mass is 9.86. The van der Waals surface area contributed by atoms with Crippen LogP contribution in [-0.4, -0.2) is 12.6 Å². The standard InChI is InChI=1S/C17H27N/c1-4-14-5-7-15(8-6-14)11-12-17(2,3)13-18-16-9-10-16/h5-8,16,18H,4,9-13H2,1-3H3. The largest absolute Gasteiger partial charge is 0.313 e. The van der Waals surface area contributed by atoms with Gasteiger partial charge in [-0.1, -0.05) is 45.0 Å². The molecule has 1 saturated carbocycles. The molecule has 0 atom stereocenters. The zero-order valence-electron chi connectivity index (χ0n) is 12.1. The summed E-state index contributed by atoms with van der Waals surface area (Å²) in [5, 5.41) is 3.65. The number of rotatable bonds is 7. The van der Waals surface area contributed by atoms with E-state index in [0.717, 1.165) is 19.0 Å². The van der Waals surface area contributed by atoms with Gasteiger partial charge in [-0.2, -0.15) is 0 Å². The topological polar surface area (TPSA) is 12.0 Å². The summed E-state index contributed by atoms with van der Waals surface area (Å²) in [4.78, 5) is 0. The van der Waals surface area contributed by atoms with Gasteiger partial charge in [-0.15, -0.1) is 0 Å². The molecule has 0 aliphatic heterocycles. The van der Waals surface area contributed by atoms with Crippen LogP contribution in [0.15, 0.2) is 24.3 Å². The van der Waals surface area contributed by atoms with E-state index >= 15 is 0 Å². The van der Waals surface area contributed by atoms with Gasteiger partial charge in [0.15, 0.2) is 0 Å². The molecule has 1 nitrogen and oxygen atoms in total. The van der Waals surface area contributed by atoms with E-state index in [2.05, 4.69) is 50.4 Å². The fourth-order valence-electron chi connectivity index (χ4n) is 2.22. The van der Waals surface area contributed by atoms with E-state index in [1.165, 1.54) is 36.8 Å². The van der Waals surface area contributed by atoms with Crippen molar-refractivity contribution >= 4 is 0 Å². The van der Waals surface area contributed by atoms with Gasteiger partial charge < -0.3 is 5.32 Å². The minimum absolute atomic E-state index is 0.409. The minimum Gasteiger partial charge on any atom is -0.313 e. The van der Waals surface area contributed by atoms with Crippen LogP contribution in [0.1, 0.15) is 51.2 Å². The Balaban J connectivity index is 1.77. The number of benzene rings is 1. The van der Waals surface area contributed by atoms with Crippen LogP contribution in [0.25, 0.3) is 0 Å². The highest BCUT2D eigenvalue weighted by atomic mass is 15.0. The van der Waals surface area contributed by atoms with Gasteiger partial charge in [0.05, 0.1) is 0 Å². The van der Waals surface area contributed by atoms with E-state index in [9.17, 15) is 0 Å². The van der Waals surface area contributed by atoms with Crippen LogP contribution in [0.5, 0.6) is 0 Å². The summed E-state index contributed by atoms with van der Waals surface area (Å²) in [7, 11) is 0. The number of nitrogens with one attached hydrogen (secondary N) is 1. The minimum atomic E-state index is 0.409. The molecule has 18 heavy (non-hydrogen) atoms. The van der Waals surface area contributed by atoms with Gasteiger partial charge in [0.25, 0.3) is 0 Å². The molecular weight excluding hydrogens is 218 g/mol. The molecule has 0 aromatic heterocycles. The van der Waals surface area contributed by atoms with Crippen molar-refractivity contribution in [3.8, 4) is 0 Å². The molecule has 1 heteroatoms. The Morgan fingerprint density at radius 1 is 1.11 bits per heavy atom. The molecule has 100 valence electrons. The quantitative estimate of drug-likeness (QED) is 0.766.